The molecule has 256 valence electrons. The number of halogens is 1. The molecule has 1 amide bonds. The lowest BCUT2D eigenvalue weighted by Gasteiger charge is -2.43. The van der Waals surface area contributed by atoms with Crippen molar-refractivity contribution in [3.8, 4) is 5.75 Å². The van der Waals surface area contributed by atoms with E-state index < -0.39 is 0 Å². The quantitative estimate of drug-likeness (QED) is 0.229. The summed E-state index contributed by atoms with van der Waals surface area (Å²) in [6.07, 6.45) is 6.96. The molecule has 3 aliphatic rings. The summed E-state index contributed by atoms with van der Waals surface area (Å²) in [5.41, 5.74) is 4.40. The Bertz CT molecular complexity index is 1590. The third kappa shape index (κ3) is 7.54. The number of piperidine rings is 1. The fourth-order valence-corrected chi connectivity index (χ4v) is 7.34. The van der Waals surface area contributed by atoms with Gasteiger partial charge in [0.15, 0.2) is 5.82 Å². The van der Waals surface area contributed by atoms with Crippen LogP contribution in [0.3, 0.4) is 0 Å². The fraction of sp³-hybridized carbons (Fsp3) is 0.472. The first-order chi connectivity index (χ1) is 23.4. The Hall–Kier alpha value is -3.90. The maximum Gasteiger partial charge on any atom is 0.247 e. The van der Waals surface area contributed by atoms with Gasteiger partial charge in [-0.3, -0.25) is 14.5 Å². The molecule has 2 aromatic carbocycles. The van der Waals surface area contributed by atoms with Gasteiger partial charge in [0.25, 0.3) is 0 Å². The number of methoxy groups -OCH3 is 1. The van der Waals surface area contributed by atoms with E-state index >= 15 is 0 Å². The highest BCUT2D eigenvalue weighted by molar-refractivity contribution is 6.31. The number of nitrogens with zero attached hydrogens (tertiary/aromatic N) is 6. The van der Waals surface area contributed by atoms with Gasteiger partial charge in [-0.1, -0.05) is 37.2 Å². The first-order valence-corrected chi connectivity index (χ1v) is 17.4. The van der Waals surface area contributed by atoms with Crippen molar-refractivity contribution in [2.75, 3.05) is 80.1 Å². The Morgan fingerprint density at radius 3 is 2.60 bits per heavy atom. The van der Waals surface area contributed by atoms with Crippen LogP contribution < -0.4 is 25.3 Å². The molecule has 0 radical (unpaired) electrons. The second-order valence-corrected chi connectivity index (χ2v) is 13.1. The van der Waals surface area contributed by atoms with Crippen molar-refractivity contribution in [1.29, 1.82) is 0 Å². The van der Waals surface area contributed by atoms with E-state index in [1.807, 2.05) is 42.3 Å². The molecule has 0 spiro atoms. The number of ether oxygens (including phenoxy) is 1. The fourth-order valence-electron chi connectivity index (χ4n) is 7.16. The molecule has 3 aromatic rings. The molecule has 1 unspecified atom stereocenters. The van der Waals surface area contributed by atoms with Gasteiger partial charge in [-0.05, 0) is 62.1 Å². The molecule has 0 saturated carbocycles. The third-order valence-corrected chi connectivity index (χ3v) is 10.2. The van der Waals surface area contributed by atoms with E-state index in [2.05, 4.69) is 54.9 Å². The van der Waals surface area contributed by atoms with Crippen LogP contribution in [-0.4, -0.2) is 91.2 Å². The minimum Gasteiger partial charge on any atom is -0.494 e. The average Bonchev–Trinajstić information content (AvgIpc) is 3.60. The zero-order chi connectivity index (χ0) is 33.6. The number of amides is 1. The Morgan fingerprint density at radius 2 is 1.88 bits per heavy atom. The molecular weight excluding hydrogens is 628 g/mol. The molecule has 2 N–H and O–H groups in total. The first kappa shape index (κ1) is 34.0. The summed E-state index contributed by atoms with van der Waals surface area (Å²) in [7, 11) is 1.65. The van der Waals surface area contributed by atoms with Crippen molar-refractivity contribution in [1.82, 2.24) is 19.8 Å². The van der Waals surface area contributed by atoms with Crippen LogP contribution in [-0.2, 0) is 9.63 Å². The minimum absolute atomic E-state index is 0.0317. The molecule has 0 aliphatic carbocycles. The molecule has 3 aliphatic heterocycles. The normalized spacial score (nSPS) is 19.4. The molecule has 6 rings (SSSR count). The maximum atomic E-state index is 12.6. The summed E-state index contributed by atoms with van der Waals surface area (Å²) < 4.78 is 5.88. The standard InChI is InChI=1S/C36H47ClN8O3/c1-5-13-42-16-18-43(19-17-42)26-10-14-44(15-11-26)32-22-33(47-4)30(21-29(32)41-36(46)6-2)40-34-23-35(39-24-38-34)45-31(12-20-48-45)27-8-7-9-28(37)25(27)3/h6-9,21-24,26,31H,2,5,10-20H2,1,3-4H3,(H,41,46)(H,38,39,40). The molecule has 3 fully saturated rings. The van der Waals surface area contributed by atoms with Gasteiger partial charge in [-0.2, -0.15) is 0 Å². The van der Waals surface area contributed by atoms with Crippen LogP contribution in [0.25, 0.3) is 0 Å². The molecule has 0 bridgehead atoms. The lowest BCUT2D eigenvalue weighted by molar-refractivity contribution is -0.111. The van der Waals surface area contributed by atoms with Gasteiger partial charge in [0.05, 0.1) is 36.8 Å². The van der Waals surface area contributed by atoms with Gasteiger partial charge < -0.3 is 25.2 Å². The van der Waals surface area contributed by atoms with E-state index in [-0.39, 0.29) is 11.9 Å². The molecule has 11 nitrogen and oxygen atoms in total. The Labute approximate surface area is 288 Å². The first-order valence-electron chi connectivity index (χ1n) is 17.0. The van der Waals surface area contributed by atoms with E-state index in [1.54, 1.807) is 7.11 Å². The molecule has 4 heterocycles. The van der Waals surface area contributed by atoms with E-state index in [4.69, 9.17) is 21.2 Å². The van der Waals surface area contributed by atoms with Crippen molar-refractivity contribution < 1.29 is 14.4 Å². The highest BCUT2D eigenvalue weighted by atomic mass is 35.5. The predicted molar refractivity (Wildman–Crippen MR) is 193 cm³/mol. The summed E-state index contributed by atoms with van der Waals surface area (Å²) in [6.45, 7) is 16.1. The van der Waals surface area contributed by atoms with Crippen molar-refractivity contribution >= 4 is 46.2 Å². The van der Waals surface area contributed by atoms with E-state index in [9.17, 15) is 4.79 Å². The van der Waals surface area contributed by atoms with Crippen LogP contribution in [0.4, 0.5) is 28.7 Å². The molecule has 1 aromatic heterocycles. The van der Waals surface area contributed by atoms with E-state index in [0.717, 1.165) is 80.4 Å². The zero-order valence-corrected chi connectivity index (χ0v) is 29.0. The number of rotatable bonds is 11. The Kier molecular flexibility index (Phi) is 11.0. The van der Waals surface area contributed by atoms with E-state index in [1.165, 1.54) is 25.4 Å². The van der Waals surface area contributed by atoms with Crippen molar-refractivity contribution in [3.05, 3.63) is 71.5 Å². The number of carbonyl (C=O) groups excluding carboxylic acids is 1. The molecule has 1 atom stereocenters. The van der Waals surface area contributed by atoms with Crippen LogP contribution in [0.1, 0.15) is 49.8 Å². The summed E-state index contributed by atoms with van der Waals surface area (Å²) in [4.78, 5) is 35.3. The number of hydrogen-bond acceptors (Lipinski definition) is 10. The molecular formula is C36H47ClN8O3. The predicted octanol–water partition coefficient (Wildman–Crippen LogP) is 6.19. The summed E-state index contributed by atoms with van der Waals surface area (Å²) in [5, 5.41) is 8.99. The van der Waals surface area contributed by atoms with Gasteiger partial charge >= 0.3 is 0 Å². The number of carbonyl (C=O) groups is 1. The Morgan fingerprint density at radius 1 is 1.08 bits per heavy atom. The largest absolute Gasteiger partial charge is 0.494 e. The SMILES string of the molecule is C=CC(=O)Nc1cc(Nc2cc(N3OCCC3c3cccc(Cl)c3C)ncn2)c(OC)cc1N1CCC(N2CCN(CCC)CC2)CC1. The smallest absolute Gasteiger partial charge is 0.247 e. The number of hydroxylamine groups is 1. The average molecular weight is 675 g/mol. The third-order valence-electron chi connectivity index (χ3n) is 9.74. The van der Waals surface area contributed by atoms with Crippen LogP contribution in [0.15, 0.2) is 55.4 Å². The van der Waals surface area contributed by atoms with Crippen LogP contribution in [0, 0.1) is 6.92 Å². The number of hydrogen-bond donors (Lipinski definition) is 2. The second kappa shape index (κ2) is 15.5. The van der Waals surface area contributed by atoms with Crippen LogP contribution >= 0.6 is 11.6 Å². The van der Waals surface area contributed by atoms with E-state index in [0.29, 0.717) is 41.4 Å². The van der Waals surface area contributed by atoms with Crippen molar-refractivity contribution in [2.24, 2.45) is 0 Å². The molecule has 3 saturated heterocycles. The number of nitrogens with one attached hydrogen (secondary N) is 2. The topological polar surface area (TPSA) is 98.3 Å². The van der Waals surface area contributed by atoms with Gasteiger partial charge in [0.2, 0.25) is 5.91 Å². The second-order valence-electron chi connectivity index (χ2n) is 12.7. The summed E-state index contributed by atoms with van der Waals surface area (Å²) in [5.74, 6) is 1.55. The van der Waals surface area contributed by atoms with Crippen LogP contribution in [0.5, 0.6) is 5.75 Å². The summed E-state index contributed by atoms with van der Waals surface area (Å²) >= 11 is 6.45. The number of benzene rings is 2. The maximum absolute atomic E-state index is 12.6. The number of anilines is 5. The zero-order valence-electron chi connectivity index (χ0n) is 28.3. The van der Waals surface area contributed by atoms with Crippen LogP contribution in [0.2, 0.25) is 5.02 Å². The molecule has 48 heavy (non-hydrogen) atoms. The monoisotopic (exact) mass is 674 g/mol. The van der Waals surface area contributed by atoms with Gasteiger partial charge in [-0.15, -0.1) is 0 Å². The lowest BCUT2D eigenvalue weighted by Crippen LogP contribution is -2.53. The van der Waals surface area contributed by atoms with Gasteiger partial charge in [0, 0.05) is 68.9 Å². The summed E-state index contributed by atoms with van der Waals surface area (Å²) in [6, 6.07) is 12.2. The minimum atomic E-state index is -0.273. The highest BCUT2D eigenvalue weighted by Crippen LogP contribution is 2.41. The van der Waals surface area contributed by atoms with Crippen molar-refractivity contribution in [2.45, 2.75) is 51.6 Å². The van der Waals surface area contributed by atoms with Crippen molar-refractivity contribution in [3.63, 3.8) is 0 Å². The number of aromatic nitrogens is 2. The van der Waals surface area contributed by atoms with Gasteiger partial charge in [-0.25, -0.2) is 15.0 Å². The number of piperazine rings is 1. The Balaban J connectivity index is 1.20. The highest BCUT2D eigenvalue weighted by Gasteiger charge is 2.31. The van der Waals surface area contributed by atoms with Gasteiger partial charge in [0.1, 0.15) is 17.9 Å². The lowest BCUT2D eigenvalue weighted by atomic mass is 9.99. The molecule has 12 heteroatoms.